The molecule has 1 aliphatic rings. The number of hydrogen-bond donors (Lipinski definition) is 2. The van der Waals surface area contributed by atoms with Crippen LogP contribution in [0.4, 0.5) is 5.69 Å². The number of ether oxygens (including phenoxy) is 1. The molecule has 1 aromatic heterocycles. The smallest absolute Gasteiger partial charge is 0.272 e. The maximum Gasteiger partial charge on any atom is 0.272 e. The Hall–Kier alpha value is -5.86. The first-order chi connectivity index (χ1) is 25.0. The third kappa shape index (κ3) is 8.14. The van der Waals surface area contributed by atoms with Gasteiger partial charge in [0.1, 0.15) is 18.1 Å². The van der Waals surface area contributed by atoms with Gasteiger partial charge in [-0.15, -0.1) is 11.8 Å². The van der Waals surface area contributed by atoms with Crippen molar-refractivity contribution in [2.75, 3.05) is 11.1 Å². The molecule has 0 radical (unpaired) electrons. The Balaban J connectivity index is 1.06. The van der Waals surface area contributed by atoms with E-state index in [1.165, 1.54) is 22.7 Å². The van der Waals surface area contributed by atoms with Crippen molar-refractivity contribution in [3.05, 3.63) is 167 Å². The monoisotopic (exact) mass is 691 g/mol. The minimum Gasteiger partial charge on any atom is -0.489 e. The van der Waals surface area contributed by atoms with Gasteiger partial charge in [0.15, 0.2) is 0 Å². The van der Waals surface area contributed by atoms with Crippen LogP contribution in [0.15, 0.2) is 144 Å². The number of nitrogens with zero attached hydrogens (tertiary/aromatic N) is 1. The highest BCUT2D eigenvalue weighted by atomic mass is 32.2. The van der Waals surface area contributed by atoms with Gasteiger partial charge in [-0.2, -0.15) is 0 Å². The third-order valence-electron chi connectivity index (χ3n) is 8.85. The Bertz CT molecular complexity index is 2210. The summed E-state index contributed by atoms with van der Waals surface area (Å²) >= 11 is 1.43. The molecule has 51 heavy (non-hydrogen) atoms. The fourth-order valence-electron chi connectivity index (χ4n) is 6.36. The molecular formula is C43H37N3O4S. The van der Waals surface area contributed by atoms with Gasteiger partial charge < -0.3 is 15.4 Å². The lowest BCUT2D eigenvalue weighted by molar-refractivity contribution is -0.113. The zero-order chi connectivity index (χ0) is 35.0. The lowest BCUT2D eigenvalue weighted by atomic mass is 9.96. The Kier molecular flexibility index (Phi) is 10.4. The molecule has 0 saturated heterocycles. The molecule has 254 valence electrons. The summed E-state index contributed by atoms with van der Waals surface area (Å²) in [5, 5.41) is 6.91. The molecule has 0 aliphatic heterocycles. The first-order valence-electron chi connectivity index (χ1n) is 17.1. The van der Waals surface area contributed by atoms with Crippen molar-refractivity contribution in [2.24, 2.45) is 0 Å². The molecular weight excluding hydrogens is 655 g/mol. The quantitative estimate of drug-likeness (QED) is 0.105. The molecule has 0 spiro atoms. The number of rotatable bonds is 11. The summed E-state index contributed by atoms with van der Waals surface area (Å²) in [5.74, 6) is 0.105. The maximum atomic E-state index is 13.7. The molecule has 6 aromatic rings. The van der Waals surface area contributed by atoms with Crippen molar-refractivity contribution in [1.29, 1.82) is 0 Å². The van der Waals surface area contributed by atoms with Crippen molar-refractivity contribution >= 4 is 52.1 Å². The van der Waals surface area contributed by atoms with E-state index in [1.54, 1.807) is 36.4 Å². The number of para-hydroxylation sites is 1. The number of benzene rings is 5. The van der Waals surface area contributed by atoms with E-state index in [-0.39, 0.29) is 17.4 Å². The highest BCUT2D eigenvalue weighted by Gasteiger charge is 2.23. The lowest BCUT2D eigenvalue weighted by Gasteiger charge is -2.15. The Morgan fingerprint density at radius 2 is 1.49 bits per heavy atom. The topological polar surface area (TPSA) is 89.4 Å². The molecule has 8 heteroatoms. The minimum absolute atomic E-state index is 0.0408. The van der Waals surface area contributed by atoms with Crippen molar-refractivity contribution < 1.29 is 19.1 Å². The van der Waals surface area contributed by atoms with Crippen LogP contribution in [-0.4, -0.2) is 28.0 Å². The molecule has 2 N–H and O–H groups in total. The van der Waals surface area contributed by atoms with Gasteiger partial charge in [0.25, 0.3) is 11.8 Å². The number of aromatic nitrogens is 1. The van der Waals surface area contributed by atoms with Crippen molar-refractivity contribution in [3.8, 4) is 5.75 Å². The Morgan fingerprint density at radius 3 is 2.29 bits per heavy atom. The van der Waals surface area contributed by atoms with Gasteiger partial charge in [-0.25, -0.2) is 0 Å². The average Bonchev–Trinajstić information content (AvgIpc) is 3.52. The van der Waals surface area contributed by atoms with Crippen LogP contribution < -0.4 is 15.4 Å². The molecule has 1 aliphatic carbocycles. The first-order valence-corrected chi connectivity index (χ1v) is 18.0. The van der Waals surface area contributed by atoms with Crippen molar-refractivity contribution in [2.45, 2.75) is 37.2 Å². The van der Waals surface area contributed by atoms with Crippen LogP contribution in [0.5, 0.6) is 5.75 Å². The standard InChI is InChI=1S/C43H37N3O4S/c47-41(46-39-20-9-7-18-36(39)37-19-8-10-21-40(37)46)29-51-35-17-11-16-33(27-35)44-43(49)38(45-42(48)32-14-5-2-6-15-32)26-30-22-24-34(25-23-30)50-28-31-12-3-1-4-13-31/h1-7,9,11-18,20,22-27H,8,10,19,21,28-29H2,(H,44,49)(H,45,48)/b38-26-. The number of hydrogen-bond acceptors (Lipinski definition) is 5. The second-order valence-electron chi connectivity index (χ2n) is 12.4. The molecule has 1 heterocycles. The molecule has 0 fully saturated rings. The number of anilines is 1. The van der Waals surface area contributed by atoms with E-state index >= 15 is 0 Å². The second kappa shape index (κ2) is 15.8. The third-order valence-corrected chi connectivity index (χ3v) is 9.83. The van der Waals surface area contributed by atoms with Gasteiger partial charge in [0.05, 0.1) is 11.3 Å². The Morgan fingerprint density at radius 1 is 0.765 bits per heavy atom. The Labute approximate surface area is 301 Å². The lowest BCUT2D eigenvalue weighted by Crippen LogP contribution is -2.30. The highest BCUT2D eigenvalue weighted by Crippen LogP contribution is 2.33. The van der Waals surface area contributed by atoms with E-state index in [1.807, 2.05) is 102 Å². The summed E-state index contributed by atoms with van der Waals surface area (Å²) in [6.45, 7) is 0.438. The molecule has 7 rings (SSSR count). The van der Waals surface area contributed by atoms with E-state index < -0.39 is 11.8 Å². The summed E-state index contributed by atoms with van der Waals surface area (Å²) in [6.07, 6.45) is 5.77. The molecule has 0 atom stereocenters. The molecule has 7 nitrogen and oxygen atoms in total. The zero-order valence-corrected chi connectivity index (χ0v) is 28.8. The largest absolute Gasteiger partial charge is 0.489 e. The van der Waals surface area contributed by atoms with Crippen LogP contribution in [-0.2, 0) is 24.2 Å². The van der Waals surface area contributed by atoms with Gasteiger partial charge in [-0.05, 0) is 97.0 Å². The van der Waals surface area contributed by atoms with Gasteiger partial charge in [0, 0.05) is 27.2 Å². The fraction of sp³-hybridized carbons (Fsp3) is 0.140. The number of aryl methyl sites for hydroxylation is 1. The van der Waals surface area contributed by atoms with E-state index in [9.17, 15) is 14.4 Å². The maximum absolute atomic E-state index is 13.7. The SMILES string of the molecule is O=C(Nc1cccc(SCC(=O)n2c3c(c4ccccc42)CCCC3)c1)/C(=C/c1ccc(OCc2ccccc2)cc1)NC(=O)c1ccccc1. The predicted octanol–water partition coefficient (Wildman–Crippen LogP) is 8.94. The van der Waals surface area contributed by atoms with Crippen LogP contribution in [0.3, 0.4) is 0 Å². The zero-order valence-electron chi connectivity index (χ0n) is 28.0. The van der Waals surface area contributed by atoms with Crippen LogP contribution in [0, 0.1) is 0 Å². The number of fused-ring (bicyclic) bond motifs is 3. The van der Waals surface area contributed by atoms with Gasteiger partial charge >= 0.3 is 0 Å². The van der Waals surface area contributed by atoms with E-state index in [4.69, 9.17) is 4.74 Å². The number of amides is 2. The van der Waals surface area contributed by atoms with Crippen LogP contribution in [0.2, 0.25) is 0 Å². The number of carbonyl (C=O) groups is 3. The summed E-state index contributed by atoms with van der Waals surface area (Å²) in [6, 6.07) is 41.6. The van der Waals surface area contributed by atoms with Crippen LogP contribution >= 0.6 is 11.8 Å². The molecule has 0 saturated carbocycles. The van der Waals surface area contributed by atoms with E-state index in [0.717, 1.165) is 47.4 Å². The fourth-order valence-corrected chi connectivity index (χ4v) is 7.17. The number of thioether (sulfide) groups is 1. The van der Waals surface area contributed by atoms with Crippen LogP contribution in [0.1, 0.15) is 50.4 Å². The molecule has 2 amide bonds. The summed E-state index contributed by atoms with van der Waals surface area (Å²) in [7, 11) is 0. The van der Waals surface area contributed by atoms with E-state index in [0.29, 0.717) is 29.2 Å². The summed E-state index contributed by atoms with van der Waals surface area (Å²) in [5.41, 5.74) is 6.25. The number of carbonyl (C=O) groups excluding carboxylic acids is 3. The average molecular weight is 692 g/mol. The normalized spacial score (nSPS) is 12.6. The minimum atomic E-state index is -0.479. The number of nitrogens with one attached hydrogen (secondary N) is 2. The summed E-state index contributed by atoms with van der Waals surface area (Å²) in [4.78, 5) is 41.4. The molecule has 0 unspecified atom stereocenters. The van der Waals surface area contributed by atoms with Gasteiger partial charge in [-0.3, -0.25) is 19.0 Å². The highest BCUT2D eigenvalue weighted by molar-refractivity contribution is 8.00. The predicted molar refractivity (Wildman–Crippen MR) is 204 cm³/mol. The first kappa shape index (κ1) is 33.6. The van der Waals surface area contributed by atoms with Crippen molar-refractivity contribution in [1.82, 2.24) is 9.88 Å². The van der Waals surface area contributed by atoms with Crippen molar-refractivity contribution in [3.63, 3.8) is 0 Å². The molecule has 5 aromatic carbocycles. The summed E-state index contributed by atoms with van der Waals surface area (Å²) < 4.78 is 7.83. The second-order valence-corrected chi connectivity index (χ2v) is 13.4. The van der Waals surface area contributed by atoms with E-state index in [2.05, 4.69) is 16.7 Å². The van der Waals surface area contributed by atoms with Crippen LogP contribution in [0.25, 0.3) is 17.0 Å². The molecule has 0 bridgehead atoms. The van der Waals surface area contributed by atoms with Gasteiger partial charge in [0.2, 0.25) is 5.91 Å². The van der Waals surface area contributed by atoms with Gasteiger partial charge in [-0.1, -0.05) is 84.9 Å².